The van der Waals surface area contributed by atoms with Crippen molar-refractivity contribution in [1.29, 1.82) is 0 Å². The van der Waals surface area contributed by atoms with Crippen LogP contribution in [0.1, 0.15) is 32.1 Å². The van der Waals surface area contributed by atoms with E-state index in [9.17, 15) is 9.59 Å². The Morgan fingerprint density at radius 3 is 2.43 bits per heavy atom. The molecule has 3 aliphatic rings. The van der Waals surface area contributed by atoms with Crippen LogP contribution in [0.5, 0.6) is 0 Å². The van der Waals surface area contributed by atoms with Gasteiger partial charge in [-0.3, -0.25) is 14.6 Å². The number of hydrogen-bond donors (Lipinski definition) is 0. The van der Waals surface area contributed by atoms with Crippen molar-refractivity contribution < 1.29 is 9.59 Å². The largest absolute Gasteiger partial charge is 0.368 e. The number of unbranched alkanes of at least 4 members (excludes halogenated alkanes) is 1. The zero-order valence-corrected chi connectivity index (χ0v) is 17.9. The summed E-state index contributed by atoms with van der Waals surface area (Å²) in [7, 11) is 0. The van der Waals surface area contributed by atoms with E-state index in [1.54, 1.807) is 4.90 Å². The van der Waals surface area contributed by atoms with Gasteiger partial charge >= 0.3 is 6.03 Å². The second-order valence-corrected chi connectivity index (χ2v) is 8.82. The Bertz CT molecular complexity index is 696. The van der Waals surface area contributed by atoms with Crippen LogP contribution >= 0.6 is 15.9 Å². The average Bonchev–Trinajstić information content (AvgIpc) is 2.97. The number of anilines is 1. The van der Waals surface area contributed by atoms with Crippen LogP contribution in [0.3, 0.4) is 0 Å². The number of piperazine rings is 1. The van der Waals surface area contributed by atoms with Crippen molar-refractivity contribution in [2.75, 3.05) is 50.7 Å². The van der Waals surface area contributed by atoms with Crippen LogP contribution < -0.4 is 4.90 Å². The number of hydrogen-bond acceptors (Lipinski definition) is 4. The van der Waals surface area contributed by atoms with Gasteiger partial charge in [0.05, 0.1) is 5.69 Å². The van der Waals surface area contributed by atoms with Gasteiger partial charge in [-0.2, -0.15) is 0 Å². The van der Waals surface area contributed by atoms with Crippen molar-refractivity contribution in [2.24, 2.45) is 0 Å². The van der Waals surface area contributed by atoms with Crippen molar-refractivity contribution in [2.45, 2.75) is 38.1 Å². The van der Waals surface area contributed by atoms with Crippen LogP contribution in [0, 0.1) is 0 Å². The maximum absolute atomic E-state index is 12.5. The van der Waals surface area contributed by atoms with Gasteiger partial charge in [0, 0.05) is 43.7 Å². The van der Waals surface area contributed by atoms with Gasteiger partial charge in [-0.15, -0.1) is 0 Å². The molecule has 3 heterocycles. The smallest absolute Gasteiger partial charge is 0.327 e. The normalized spacial score (nSPS) is 23.5. The first-order valence-electron chi connectivity index (χ1n) is 10.5. The van der Waals surface area contributed by atoms with E-state index in [-0.39, 0.29) is 18.0 Å². The van der Waals surface area contributed by atoms with Gasteiger partial charge in [0.1, 0.15) is 6.04 Å². The van der Waals surface area contributed by atoms with E-state index in [1.807, 2.05) is 6.07 Å². The van der Waals surface area contributed by atoms with Crippen molar-refractivity contribution in [3.05, 3.63) is 28.7 Å². The number of imide groups is 1. The maximum Gasteiger partial charge on any atom is 0.327 e. The Morgan fingerprint density at radius 1 is 0.929 bits per heavy atom. The summed E-state index contributed by atoms with van der Waals surface area (Å²) in [6.45, 7) is 6.52. The number of para-hydroxylation sites is 1. The minimum absolute atomic E-state index is 0.0340. The minimum atomic E-state index is -0.174. The van der Waals surface area contributed by atoms with Crippen LogP contribution in [-0.2, 0) is 4.79 Å². The highest BCUT2D eigenvalue weighted by Crippen LogP contribution is 2.28. The molecule has 0 saturated carbocycles. The fraction of sp³-hybridized carbons (Fsp3) is 0.619. The molecular formula is C21H29BrN4O2. The summed E-state index contributed by atoms with van der Waals surface area (Å²) < 4.78 is 1.15. The lowest BCUT2D eigenvalue weighted by molar-refractivity contribution is -0.128. The average molecular weight is 449 g/mol. The van der Waals surface area contributed by atoms with Crippen molar-refractivity contribution >= 4 is 33.6 Å². The Balaban J connectivity index is 1.18. The third-order valence-corrected chi connectivity index (χ3v) is 6.87. The molecule has 0 aromatic heterocycles. The fourth-order valence-electron chi connectivity index (χ4n) is 4.58. The molecule has 4 rings (SSSR count). The van der Waals surface area contributed by atoms with E-state index >= 15 is 0 Å². The highest BCUT2D eigenvalue weighted by atomic mass is 79.9. The molecule has 152 valence electrons. The van der Waals surface area contributed by atoms with E-state index in [2.05, 4.69) is 43.9 Å². The van der Waals surface area contributed by atoms with Gasteiger partial charge in [0.15, 0.2) is 0 Å². The summed E-state index contributed by atoms with van der Waals surface area (Å²) in [4.78, 5) is 33.1. The highest BCUT2D eigenvalue weighted by molar-refractivity contribution is 9.10. The van der Waals surface area contributed by atoms with Gasteiger partial charge < -0.3 is 9.80 Å². The van der Waals surface area contributed by atoms with E-state index in [0.717, 1.165) is 75.8 Å². The number of fused-ring (bicyclic) bond motifs is 1. The van der Waals surface area contributed by atoms with Crippen molar-refractivity contribution in [3.63, 3.8) is 0 Å². The standard InChI is InChI=1S/C21H29BrN4O2/c22-17-7-1-2-8-18(17)24-15-13-23(14-16-24)10-5-6-12-26-20(27)19-9-3-4-11-25(19)21(26)28/h1-2,7-8,19H,3-6,9-16H2/t19-/m0/s1. The quantitative estimate of drug-likeness (QED) is 0.495. The third-order valence-electron chi connectivity index (χ3n) is 6.20. The first-order chi connectivity index (χ1) is 13.6. The molecule has 3 aliphatic heterocycles. The van der Waals surface area contributed by atoms with Crippen LogP contribution in [0.25, 0.3) is 0 Å². The van der Waals surface area contributed by atoms with Crippen molar-refractivity contribution in [3.8, 4) is 0 Å². The van der Waals surface area contributed by atoms with E-state index < -0.39 is 0 Å². The Morgan fingerprint density at radius 2 is 1.68 bits per heavy atom. The molecule has 3 amide bonds. The van der Waals surface area contributed by atoms with Gasteiger partial charge in [-0.05, 0) is 66.7 Å². The maximum atomic E-state index is 12.5. The molecule has 0 N–H and O–H groups in total. The van der Waals surface area contributed by atoms with Crippen LogP contribution in [0.2, 0.25) is 0 Å². The number of carbonyl (C=O) groups excluding carboxylic acids is 2. The molecule has 1 aromatic rings. The second-order valence-electron chi connectivity index (χ2n) is 7.96. The molecule has 28 heavy (non-hydrogen) atoms. The number of halogens is 1. The summed E-state index contributed by atoms with van der Waals surface area (Å²) in [5.41, 5.74) is 1.27. The Labute approximate surface area is 175 Å². The van der Waals surface area contributed by atoms with Gasteiger partial charge in [-0.25, -0.2) is 4.79 Å². The van der Waals surface area contributed by atoms with Crippen LogP contribution in [0.15, 0.2) is 28.7 Å². The number of nitrogens with zero attached hydrogens (tertiary/aromatic N) is 4. The molecule has 0 aliphatic carbocycles. The Kier molecular flexibility index (Phi) is 6.21. The highest BCUT2D eigenvalue weighted by Gasteiger charge is 2.45. The number of benzene rings is 1. The van der Waals surface area contributed by atoms with E-state index in [4.69, 9.17) is 0 Å². The number of amides is 3. The number of piperidine rings is 1. The SMILES string of the molecule is O=C1[C@@H]2CCCCN2C(=O)N1CCCCN1CCN(c2ccccc2Br)CC1. The molecule has 0 unspecified atom stereocenters. The molecular weight excluding hydrogens is 420 g/mol. The minimum Gasteiger partial charge on any atom is -0.368 e. The molecule has 3 fully saturated rings. The summed E-state index contributed by atoms with van der Waals surface area (Å²) in [6, 6.07) is 8.15. The van der Waals surface area contributed by atoms with Gasteiger partial charge in [-0.1, -0.05) is 12.1 Å². The summed E-state index contributed by atoms with van der Waals surface area (Å²) in [5, 5.41) is 0. The van der Waals surface area contributed by atoms with Crippen LogP contribution in [0.4, 0.5) is 10.5 Å². The summed E-state index contributed by atoms with van der Waals surface area (Å²) in [6.07, 6.45) is 4.83. The molecule has 7 heteroatoms. The first-order valence-corrected chi connectivity index (χ1v) is 11.3. The van der Waals surface area contributed by atoms with Gasteiger partial charge in [0.2, 0.25) is 0 Å². The molecule has 1 atom stereocenters. The van der Waals surface area contributed by atoms with E-state index in [0.29, 0.717) is 6.54 Å². The van der Waals surface area contributed by atoms with Gasteiger partial charge in [0.25, 0.3) is 5.91 Å². The predicted octanol–water partition coefficient (Wildman–Crippen LogP) is 3.17. The number of carbonyl (C=O) groups is 2. The van der Waals surface area contributed by atoms with Crippen LogP contribution in [-0.4, -0.2) is 78.5 Å². The predicted molar refractivity (Wildman–Crippen MR) is 113 cm³/mol. The zero-order chi connectivity index (χ0) is 19.5. The fourth-order valence-corrected chi connectivity index (χ4v) is 5.11. The Hall–Kier alpha value is -1.60. The lowest BCUT2D eigenvalue weighted by atomic mass is 10.0. The zero-order valence-electron chi connectivity index (χ0n) is 16.4. The molecule has 0 spiro atoms. The number of urea groups is 1. The molecule has 0 bridgehead atoms. The van der Waals surface area contributed by atoms with Crippen molar-refractivity contribution in [1.82, 2.24) is 14.7 Å². The number of rotatable bonds is 6. The summed E-state index contributed by atoms with van der Waals surface area (Å²) >= 11 is 3.64. The third kappa shape index (κ3) is 4.06. The monoisotopic (exact) mass is 448 g/mol. The molecule has 0 radical (unpaired) electrons. The summed E-state index contributed by atoms with van der Waals surface area (Å²) in [5.74, 6) is 0.0340. The first kappa shape index (κ1) is 19.7. The topological polar surface area (TPSA) is 47.1 Å². The molecule has 1 aromatic carbocycles. The molecule has 3 saturated heterocycles. The second kappa shape index (κ2) is 8.82. The van der Waals surface area contributed by atoms with E-state index in [1.165, 1.54) is 10.6 Å². The lowest BCUT2D eigenvalue weighted by Crippen LogP contribution is -2.46. The lowest BCUT2D eigenvalue weighted by Gasteiger charge is -2.36. The molecule has 6 nitrogen and oxygen atoms in total.